The van der Waals surface area contributed by atoms with E-state index in [1.165, 1.54) is 0 Å². The number of carbonyl (C=O) groups excluding carboxylic acids is 2. The van der Waals surface area contributed by atoms with Crippen LogP contribution in [0.4, 0.5) is 5.69 Å². The van der Waals surface area contributed by atoms with E-state index in [0.717, 1.165) is 29.7 Å². The molecule has 0 bridgehead atoms. The second-order valence-electron chi connectivity index (χ2n) is 6.45. The minimum Gasteiger partial charge on any atom is -0.342 e. The van der Waals surface area contributed by atoms with Gasteiger partial charge in [0.15, 0.2) is 0 Å². The molecule has 0 spiro atoms. The Morgan fingerprint density at radius 2 is 1.91 bits per heavy atom. The number of benzene rings is 1. The summed E-state index contributed by atoms with van der Waals surface area (Å²) in [5, 5.41) is 3.01. The third-order valence-corrected chi connectivity index (χ3v) is 4.03. The summed E-state index contributed by atoms with van der Waals surface area (Å²) in [5.74, 6) is 0.540. The van der Waals surface area contributed by atoms with Gasteiger partial charge in [-0.15, -0.1) is 0 Å². The molecule has 0 aliphatic heterocycles. The van der Waals surface area contributed by atoms with Gasteiger partial charge < -0.3 is 10.2 Å². The predicted octanol–water partition coefficient (Wildman–Crippen LogP) is 3.78. The lowest BCUT2D eigenvalue weighted by atomic mass is 10.1. The number of amides is 2. The van der Waals surface area contributed by atoms with E-state index < -0.39 is 0 Å². The third kappa shape index (κ3) is 6.43. The zero-order chi connectivity index (χ0) is 17.4. The summed E-state index contributed by atoms with van der Waals surface area (Å²) in [6, 6.07) is 6.04. The van der Waals surface area contributed by atoms with Crippen LogP contribution in [0.2, 0.25) is 0 Å². The van der Waals surface area contributed by atoms with Crippen molar-refractivity contribution in [2.75, 3.05) is 18.4 Å². The Bertz CT molecular complexity index is 538. The lowest BCUT2D eigenvalue weighted by Crippen LogP contribution is -2.33. The number of anilines is 1. The molecule has 23 heavy (non-hydrogen) atoms. The first-order valence-corrected chi connectivity index (χ1v) is 8.49. The van der Waals surface area contributed by atoms with Crippen molar-refractivity contribution in [1.82, 2.24) is 4.90 Å². The van der Waals surface area contributed by atoms with Crippen molar-refractivity contribution in [3.05, 3.63) is 29.3 Å². The van der Waals surface area contributed by atoms with Crippen molar-refractivity contribution in [1.29, 1.82) is 0 Å². The molecule has 0 saturated heterocycles. The molecule has 0 heterocycles. The summed E-state index contributed by atoms with van der Waals surface area (Å²) < 4.78 is 0. The highest BCUT2D eigenvalue weighted by atomic mass is 16.2. The van der Waals surface area contributed by atoms with Gasteiger partial charge in [-0.05, 0) is 36.8 Å². The van der Waals surface area contributed by atoms with Gasteiger partial charge in [0, 0.05) is 32.1 Å². The fraction of sp³-hybridized carbons (Fsp3) is 0.579. The molecular formula is C19H30N2O2. The zero-order valence-corrected chi connectivity index (χ0v) is 15.1. The summed E-state index contributed by atoms with van der Waals surface area (Å²) in [6.07, 6.45) is 2.17. The molecule has 1 rings (SSSR count). The average molecular weight is 318 g/mol. The molecule has 4 heteroatoms. The topological polar surface area (TPSA) is 49.4 Å². The second kappa shape index (κ2) is 9.33. The van der Waals surface area contributed by atoms with Crippen LogP contribution in [0.25, 0.3) is 0 Å². The minimum absolute atomic E-state index is 0.0311. The van der Waals surface area contributed by atoms with Crippen LogP contribution in [0.1, 0.15) is 51.7 Å². The number of hydrogen-bond donors (Lipinski definition) is 1. The molecule has 1 aromatic rings. The first-order valence-electron chi connectivity index (χ1n) is 8.49. The molecule has 0 atom stereocenters. The van der Waals surface area contributed by atoms with Crippen molar-refractivity contribution in [2.45, 2.75) is 53.9 Å². The van der Waals surface area contributed by atoms with Gasteiger partial charge in [-0.2, -0.15) is 0 Å². The van der Waals surface area contributed by atoms with E-state index in [4.69, 9.17) is 0 Å². The van der Waals surface area contributed by atoms with E-state index in [1.54, 1.807) is 11.8 Å². The fourth-order valence-electron chi connectivity index (χ4n) is 2.48. The molecule has 0 aliphatic rings. The molecule has 0 radical (unpaired) electrons. The maximum Gasteiger partial charge on any atom is 0.226 e. The highest BCUT2D eigenvalue weighted by Gasteiger charge is 2.13. The lowest BCUT2D eigenvalue weighted by Gasteiger charge is -2.22. The summed E-state index contributed by atoms with van der Waals surface area (Å²) in [5.41, 5.74) is 3.12. The Hall–Kier alpha value is -1.84. The highest BCUT2D eigenvalue weighted by molar-refractivity contribution is 5.92. The van der Waals surface area contributed by atoms with E-state index in [-0.39, 0.29) is 11.8 Å². The average Bonchev–Trinajstić information content (AvgIpc) is 2.48. The largest absolute Gasteiger partial charge is 0.342 e. The molecule has 128 valence electrons. The second-order valence-corrected chi connectivity index (χ2v) is 6.45. The lowest BCUT2D eigenvalue weighted by molar-refractivity contribution is -0.129. The monoisotopic (exact) mass is 318 g/mol. The number of hydrogen-bond acceptors (Lipinski definition) is 2. The zero-order valence-electron chi connectivity index (χ0n) is 15.1. The van der Waals surface area contributed by atoms with Crippen molar-refractivity contribution < 1.29 is 9.59 Å². The van der Waals surface area contributed by atoms with Crippen molar-refractivity contribution in [3.8, 4) is 0 Å². The predicted molar refractivity (Wildman–Crippen MR) is 95.5 cm³/mol. The molecule has 1 N–H and O–H groups in total. The van der Waals surface area contributed by atoms with Crippen LogP contribution < -0.4 is 5.32 Å². The van der Waals surface area contributed by atoms with Gasteiger partial charge in [-0.3, -0.25) is 9.59 Å². The van der Waals surface area contributed by atoms with E-state index in [9.17, 15) is 9.59 Å². The Morgan fingerprint density at radius 1 is 1.22 bits per heavy atom. The van der Waals surface area contributed by atoms with Gasteiger partial charge in [0.25, 0.3) is 0 Å². The molecule has 4 nitrogen and oxygen atoms in total. The van der Waals surface area contributed by atoms with Crippen molar-refractivity contribution in [3.63, 3.8) is 0 Å². The van der Waals surface area contributed by atoms with Crippen LogP contribution in [0.5, 0.6) is 0 Å². The normalized spacial score (nSPS) is 10.7. The number of aryl methyl sites for hydroxylation is 2. The Kier molecular flexibility index (Phi) is 7.79. The van der Waals surface area contributed by atoms with Crippen molar-refractivity contribution in [2.24, 2.45) is 5.92 Å². The third-order valence-electron chi connectivity index (χ3n) is 4.03. The number of nitrogens with one attached hydrogen (secondary N) is 1. The molecule has 0 aliphatic carbocycles. The molecule has 2 amide bonds. The Morgan fingerprint density at radius 3 is 2.48 bits per heavy atom. The molecule has 0 unspecified atom stereocenters. The Labute approximate surface area is 140 Å². The number of rotatable bonds is 8. The van der Waals surface area contributed by atoms with Crippen LogP contribution in [0.15, 0.2) is 18.2 Å². The molecular weight excluding hydrogens is 288 g/mol. The number of nitrogens with zero attached hydrogens (tertiary/aromatic N) is 1. The van der Waals surface area contributed by atoms with E-state index in [2.05, 4.69) is 26.1 Å². The summed E-state index contributed by atoms with van der Waals surface area (Å²) >= 11 is 0. The van der Waals surface area contributed by atoms with Crippen LogP contribution >= 0.6 is 0 Å². The number of para-hydroxylation sites is 1. The standard InChI is InChI=1S/C19H30N2O2/c1-6-17-9-7-8-15(4)19(17)20-18(23)11-13-21(16(5)22)12-10-14(2)3/h7-9,14H,6,10-13H2,1-5H3,(H,20,23). The maximum atomic E-state index is 12.2. The van der Waals surface area contributed by atoms with E-state index in [0.29, 0.717) is 25.4 Å². The van der Waals surface area contributed by atoms with Crippen LogP contribution in [-0.4, -0.2) is 29.8 Å². The summed E-state index contributed by atoms with van der Waals surface area (Å²) in [4.78, 5) is 25.7. The van der Waals surface area contributed by atoms with Gasteiger partial charge in [-0.25, -0.2) is 0 Å². The molecule has 1 aromatic carbocycles. The minimum atomic E-state index is -0.0372. The Balaban J connectivity index is 2.61. The van der Waals surface area contributed by atoms with E-state index in [1.807, 2.05) is 25.1 Å². The summed E-state index contributed by atoms with van der Waals surface area (Å²) in [7, 11) is 0. The summed E-state index contributed by atoms with van der Waals surface area (Å²) in [6.45, 7) is 11.1. The maximum absolute atomic E-state index is 12.2. The first-order chi connectivity index (χ1) is 10.8. The van der Waals surface area contributed by atoms with Crippen molar-refractivity contribution >= 4 is 17.5 Å². The SMILES string of the molecule is CCc1cccc(C)c1NC(=O)CCN(CCC(C)C)C(C)=O. The van der Waals surface area contributed by atoms with Crippen LogP contribution in [0, 0.1) is 12.8 Å². The number of carbonyl (C=O) groups is 2. The molecule has 0 saturated carbocycles. The van der Waals surface area contributed by atoms with Crippen LogP contribution in [0.3, 0.4) is 0 Å². The molecule has 0 aromatic heterocycles. The van der Waals surface area contributed by atoms with Gasteiger partial charge in [0.2, 0.25) is 11.8 Å². The van der Waals surface area contributed by atoms with E-state index >= 15 is 0 Å². The molecule has 0 fully saturated rings. The quantitative estimate of drug-likeness (QED) is 0.793. The van der Waals surface area contributed by atoms with Gasteiger partial charge in [-0.1, -0.05) is 39.0 Å². The van der Waals surface area contributed by atoms with Crippen LogP contribution in [-0.2, 0) is 16.0 Å². The van der Waals surface area contributed by atoms with Gasteiger partial charge in [0.1, 0.15) is 0 Å². The fourth-order valence-corrected chi connectivity index (χ4v) is 2.48. The van der Waals surface area contributed by atoms with Gasteiger partial charge >= 0.3 is 0 Å². The smallest absolute Gasteiger partial charge is 0.226 e. The first kappa shape index (κ1) is 19.2. The van der Waals surface area contributed by atoms with Gasteiger partial charge in [0.05, 0.1) is 0 Å². The highest BCUT2D eigenvalue weighted by Crippen LogP contribution is 2.21.